The average molecular weight is 459 g/mol. The van der Waals surface area contributed by atoms with Crippen molar-refractivity contribution in [2.24, 2.45) is 0 Å². The Morgan fingerprint density at radius 2 is 1.94 bits per heavy atom. The van der Waals surface area contributed by atoms with E-state index in [1.165, 1.54) is 0 Å². The van der Waals surface area contributed by atoms with E-state index in [4.69, 9.17) is 5.73 Å². The van der Waals surface area contributed by atoms with Gasteiger partial charge in [0, 0.05) is 55.7 Å². The van der Waals surface area contributed by atoms with Crippen LogP contribution in [-0.4, -0.2) is 52.4 Å². The van der Waals surface area contributed by atoms with E-state index in [0.717, 1.165) is 41.2 Å². The number of hydrogen-bond acceptors (Lipinski definition) is 6. The number of piperazine rings is 1. The van der Waals surface area contributed by atoms with Crippen molar-refractivity contribution in [1.82, 2.24) is 14.9 Å². The lowest BCUT2D eigenvalue weighted by molar-refractivity contribution is -0.131. The summed E-state index contributed by atoms with van der Waals surface area (Å²) >= 11 is 0. The Balaban J connectivity index is 1.35. The first-order chi connectivity index (χ1) is 16.3. The fraction of sp³-hybridized carbons (Fsp3) is 0.308. The van der Waals surface area contributed by atoms with Crippen LogP contribution in [0.15, 0.2) is 54.9 Å². The number of rotatable bonds is 5. The van der Waals surface area contributed by atoms with E-state index < -0.39 is 0 Å². The summed E-state index contributed by atoms with van der Waals surface area (Å²) in [5, 5.41) is 2.85. The fourth-order valence-corrected chi connectivity index (χ4v) is 4.38. The Bertz CT molecular complexity index is 1190. The van der Waals surface area contributed by atoms with Crippen LogP contribution in [0.1, 0.15) is 25.1 Å². The third-order valence-corrected chi connectivity index (χ3v) is 6.10. The topological polar surface area (TPSA) is 104 Å². The SMILES string of the molecule is CC(=O)N1CCN(c2ccc(NC(=O)Cc3ccc(-c4ccnc(C)c4)c(N)c3)nc2)C[C@@H]1C. The summed E-state index contributed by atoms with van der Waals surface area (Å²) in [6.07, 6.45) is 3.72. The van der Waals surface area contributed by atoms with E-state index in [1.807, 2.05) is 55.1 Å². The quantitative estimate of drug-likeness (QED) is 0.569. The van der Waals surface area contributed by atoms with Crippen LogP contribution in [0.4, 0.5) is 17.2 Å². The van der Waals surface area contributed by atoms with E-state index in [9.17, 15) is 9.59 Å². The van der Waals surface area contributed by atoms with E-state index in [2.05, 4.69) is 20.2 Å². The van der Waals surface area contributed by atoms with Gasteiger partial charge in [-0.2, -0.15) is 0 Å². The summed E-state index contributed by atoms with van der Waals surface area (Å²) in [6.45, 7) is 7.80. The first-order valence-electron chi connectivity index (χ1n) is 11.4. The van der Waals surface area contributed by atoms with Gasteiger partial charge in [-0.3, -0.25) is 14.6 Å². The number of anilines is 3. The number of aryl methyl sites for hydroxylation is 1. The maximum atomic E-state index is 12.6. The molecule has 1 aromatic carbocycles. The van der Waals surface area contributed by atoms with Crippen LogP contribution in [0.25, 0.3) is 11.1 Å². The van der Waals surface area contributed by atoms with Gasteiger partial charge in [-0.15, -0.1) is 0 Å². The normalized spacial score (nSPS) is 15.8. The molecular formula is C26H30N6O2. The Morgan fingerprint density at radius 3 is 2.59 bits per heavy atom. The summed E-state index contributed by atoms with van der Waals surface area (Å²) in [6, 6.07) is 13.5. The maximum Gasteiger partial charge on any atom is 0.229 e. The minimum Gasteiger partial charge on any atom is -0.398 e. The molecule has 3 N–H and O–H groups in total. The van der Waals surface area contributed by atoms with E-state index in [-0.39, 0.29) is 24.3 Å². The second kappa shape index (κ2) is 9.91. The molecule has 3 aromatic rings. The number of nitrogens with zero attached hydrogens (tertiary/aromatic N) is 4. The molecule has 176 valence electrons. The first-order valence-corrected chi connectivity index (χ1v) is 11.4. The molecule has 2 aromatic heterocycles. The highest BCUT2D eigenvalue weighted by Gasteiger charge is 2.25. The highest BCUT2D eigenvalue weighted by Crippen LogP contribution is 2.27. The van der Waals surface area contributed by atoms with Crippen molar-refractivity contribution in [2.75, 3.05) is 35.6 Å². The lowest BCUT2D eigenvalue weighted by atomic mass is 10.0. The van der Waals surface area contributed by atoms with Gasteiger partial charge in [0.1, 0.15) is 5.82 Å². The van der Waals surface area contributed by atoms with Crippen LogP contribution < -0.4 is 16.0 Å². The minimum absolute atomic E-state index is 0.104. The molecule has 0 bridgehead atoms. The van der Waals surface area contributed by atoms with Gasteiger partial charge >= 0.3 is 0 Å². The summed E-state index contributed by atoms with van der Waals surface area (Å²) < 4.78 is 0. The van der Waals surface area contributed by atoms with E-state index in [0.29, 0.717) is 18.1 Å². The van der Waals surface area contributed by atoms with Crippen molar-refractivity contribution in [2.45, 2.75) is 33.2 Å². The second-order valence-corrected chi connectivity index (χ2v) is 8.74. The Labute approximate surface area is 199 Å². The van der Waals surface area contributed by atoms with Crippen molar-refractivity contribution in [1.29, 1.82) is 0 Å². The van der Waals surface area contributed by atoms with Crippen LogP contribution in [0.3, 0.4) is 0 Å². The molecule has 1 aliphatic heterocycles. The molecule has 1 atom stereocenters. The molecule has 1 aliphatic rings. The number of aromatic nitrogens is 2. The second-order valence-electron chi connectivity index (χ2n) is 8.74. The van der Waals surface area contributed by atoms with E-state index >= 15 is 0 Å². The zero-order valence-electron chi connectivity index (χ0n) is 19.8. The molecule has 1 fully saturated rings. The van der Waals surface area contributed by atoms with Crippen LogP contribution in [0.5, 0.6) is 0 Å². The summed E-state index contributed by atoms with van der Waals surface area (Å²) in [5.74, 6) is 0.448. The van der Waals surface area contributed by atoms with Crippen molar-refractivity contribution < 1.29 is 9.59 Å². The van der Waals surface area contributed by atoms with Gasteiger partial charge in [-0.1, -0.05) is 12.1 Å². The molecule has 1 saturated heterocycles. The number of carbonyl (C=O) groups excluding carboxylic acids is 2. The number of nitrogen functional groups attached to an aromatic ring is 1. The molecule has 0 spiro atoms. The standard InChI is InChI=1S/C26H30N6O2/c1-17-12-21(8-9-28-17)23-6-4-20(13-24(23)27)14-26(34)30-25-7-5-22(15-29-25)31-10-11-32(19(3)33)18(2)16-31/h4-9,12-13,15,18H,10-11,14,16,27H2,1-3H3,(H,29,30,34)/t18-/m0/s1. The fourth-order valence-electron chi connectivity index (χ4n) is 4.38. The van der Waals surface area contributed by atoms with E-state index in [1.54, 1.807) is 25.4 Å². The third kappa shape index (κ3) is 5.33. The molecular weight excluding hydrogens is 428 g/mol. The number of carbonyl (C=O) groups is 2. The van der Waals surface area contributed by atoms with Crippen LogP contribution >= 0.6 is 0 Å². The van der Waals surface area contributed by atoms with Gasteiger partial charge in [0.05, 0.1) is 18.3 Å². The van der Waals surface area contributed by atoms with Gasteiger partial charge in [0.25, 0.3) is 0 Å². The number of nitrogens with one attached hydrogen (secondary N) is 1. The van der Waals surface area contributed by atoms with Gasteiger partial charge in [-0.25, -0.2) is 4.98 Å². The average Bonchev–Trinajstić information content (AvgIpc) is 2.79. The van der Waals surface area contributed by atoms with Crippen molar-refractivity contribution in [3.63, 3.8) is 0 Å². The zero-order valence-corrected chi connectivity index (χ0v) is 19.8. The van der Waals surface area contributed by atoms with Crippen LogP contribution in [0.2, 0.25) is 0 Å². The minimum atomic E-state index is -0.157. The predicted molar refractivity (Wildman–Crippen MR) is 134 cm³/mol. The Morgan fingerprint density at radius 1 is 1.12 bits per heavy atom. The van der Waals surface area contributed by atoms with Gasteiger partial charge < -0.3 is 20.9 Å². The third-order valence-electron chi connectivity index (χ3n) is 6.10. The highest BCUT2D eigenvalue weighted by molar-refractivity contribution is 5.92. The first kappa shape index (κ1) is 23.2. The number of nitrogens with two attached hydrogens (primary N) is 1. The number of hydrogen-bond donors (Lipinski definition) is 2. The number of amides is 2. The molecule has 8 nitrogen and oxygen atoms in total. The monoisotopic (exact) mass is 458 g/mol. The number of benzene rings is 1. The number of pyridine rings is 2. The Kier molecular flexibility index (Phi) is 6.77. The maximum absolute atomic E-state index is 12.6. The van der Waals surface area contributed by atoms with Crippen molar-refractivity contribution in [3.8, 4) is 11.1 Å². The van der Waals surface area contributed by atoms with Crippen molar-refractivity contribution >= 4 is 29.0 Å². The molecule has 8 heteroatoms. The van der Waals surface area contributed by atoms with Gasteiger partial charge in [0.2, 0.25) is 11.8 Å². The molecule has 0 unspecified atom stereocenters. The summed E-state index contributed by atoms with van der Waals surface area (Å²) in [7, 11) is 0. The molecule has 3 heterocycles. The summed E-state index contributed by atoms with van der Waals surface area (Å²) in [4.78, 5) is 37.0. The van der Waals surface area contributed by atoms with Gasteiger partial charge in [-0.05, 0) is 55.3 Å². The lowest BCUT2D eigenvalue weighted by Crippen LogP contribution is -2.53. The van der Waals surface area contributed by atoms with Crippen LogP contribution in [0, 0.1) is 6.92 Å². The summed E-state index contributed by atoms with van der Waals surface area (Å²) in [5.41, 5.74) is 11.5. The van der Waals surface area contributed by atoms with Crippen molar-refractivity contribution in [3.05, 3.63) is 66.1 Å². The van der Waals surface area contributed by atoms with Gasteiger partial charge in [0.15, 0.2) is 0 Å². The molecule has 0 radical (unpaired) electrons. The predicted octanol–water partition coefficient (Wildman–Crippen LogP) is 3.27. The zero-order chi connectivity index (χ0) is 24.2. The van der Waals surface area contributed by atoms with Crippen LogP contribution in [-0.2, 0) is 16.0 Å². The largest absolute Gasteiger partial charge is 0.398 e. The lowest BCUT2D eigenvalue weighted by Gasteiger charge is -2.40. The molecule has 2 amide bonds. The molecule has 4 rings (SSSR count). The molecule has 0 aliphatic carbocycles. The smallest absolute Gasteiger partial charge is 0.229 e. The molecule has 0 saturated carbocycles. The highest BCUT2D eigenvalue weighted by atomic mass is 16.2. The molecule has 34 heavy (non-hydrogen) atoms. The Hall–Kier alpha value is -3.94.